The maximum absolute atomic E-state index is 11.6. The number of carboxylic acid groups (broad SMARTS) is 1. The Morgan fingerprint density at radius 3 is 2.67 bits per heavy atom. The summed E-state index contributed by atoms with van der Waals surface area (Å²) in [6.45, 7) is 4.71. The van der Waals surface area contributed by atoms with Gasteiger partial charge in [0.1, 0.15) is 5.69 Å². The van der Waals surface area contributed by atoms with Crippen molar-refractivity contribution in [3.63, 3.8) is 0 Å². The van der Waals surface area contributed by atoms with Gasteiger partial charge in [-0.15, -0.1) is 0 Å². The maximum atomic E-state index is 11.6. The number of hydrogen-bond acceptors (Lipinski definition) is 4. The van der Waals surface area contributed by atoms with E-state index in [1.165, 1.54) is 18.3 Å². The first kappa shape index (κ1) is 14.1. The highest BCUT2D eigenvalue weighted by Crippen LogP contribution is 2.07. The molecule has 1 aromatic rings. The SMILES string of the molecule is CCNC(C)CC(=O)Nc1ccc(C(=O)O)nc1. The summed E-state index contributed by atoms with van der Waals surface area (Å²) >= 11 is 0. The van der Waals surface area contributed by atoms with E-state index in [-0.39, 0.29) is 17.6 Å². The molecule has 0 saturated heterocycles. The summed E-state index contributed by atoms with van der Waals surface area (Å²) in [5.74, 6) is -1.22. The molecule has 1 unspecified atom stereocenters. The third kappa shape index (κ3) is 4.50. The molecule has 0 fully saturated rings. The van der Waals surface area contributed by atoms with Crippen LogP contribution in [0.25, 0.3) is 0 Å². The topological polar surface area (TPSA) is 91.3 Å². The standard InChI is InChI=1S/C12H17N3O3/c1-3-13-8(2)6-11(16)15-9-4-5-10(12(17)18)14-7-9/h4-5,7-8,13H,3,6H2,1-2H3,(H,15,16)(H,17,18). The monoisotopic (exact) mass is 251 g/mol. The van der Waals surface area contributed by atoms with Gasteiger partial charge in [-0.1, -0.05) is 6.92 Å². The lowest BCUT2D eigenvalue weighted by Gasteiger charge is -2.11. The number of nitrogens with zero attached hydrogens (tertiary/aromatic N) is 1. The molecule has 1 atom stereocenters. The Balaban J connectivity index is 2.51. The van der Waals surface area contributed by atoms with Crippen molar-refractivity contribution in [1.82, 2.24) is 10.3 Å². The highest BCUT2D eigenvalue weighted by Gasteiger charge is 2.09. The summed E-state index contributed by atoms with van der Waals surface area (Å²) < 4.78 is 0. The molecule has 0 spiro atoms. The second kappa shape index (κ2) is 6.70. The summed E-state index contributed by atoms with van der Waals surface area (Å²) in [5.41, 5.74) is 0.447. The van der Waals surface area contributed by atoms with Crippen LogP contribution in [0.1, 0.15) is 30.8 Å². The number of aromatic carboxylic acids is 1. The number of carbonyl (C=O) groups is 2. The number of carboxylic acids is 1. The molecule has 6 heteroatoms. The highest BCUT2D eigenvalue weighted by molar-refractivity contribution is 5.91. The molecule has 0 aromatic carbocycles. The van der Waals surface area contributed by atoms with E-state index in [1.807, 2.05) is 13.8 Å². The van der Waals surface area contributed by atoms with Crippen LogP contribution < -0.4 is 10.6 Å². The van der Waals surface area contributed by atoms with E-state index in [2.05, 4.69) is 15.6 Å². The molecule has 0 saturated carbocycles. The van der Waals surface area contributed by atoms with Crippen LogP contribution in [0.5, 0.6) is 0 Å². The summed E-state index contributed by atoms with van der Waals surface area (Å²) in [6.07, 6.45) is 1.69. The van der Waals surface area contributed by atoms with E-state index in [1.54, 1.807) is 0 Å². The Kier molecular flexibility index (Phi) is 5.26. The summed E-state index contributed by atoms with van der Waals surface area (Å²) in [5, 5.41) is 14.5. The van der Waals surface area contributed by atoms with Gasteiger partial charge in [0.05, 0.1) is 11.9 Å². The van der Waals surface area contributed by atoms with Crippen molar-refractivity contribution in [3.8, 4) is 0 Å². The number of rotatable bonds is 6. The van der Waals surface area contributed by atoms with Crippen molar-refractivity contribution in [1.29, 1.82) is 0 Å². The number of nitrogens with one attached hydrogen (secondary N) is 2. The van der Waals surface area contributed by atoms with Gasteiger partial charge < -0.3 is 15.7 Å². The van der Waals surface area contributed by atoms with E-state index < -0.39 is 5.97 Å². The van der Waals surface area contributed by atoms with Crippen molar-refractivity contribution in [2.75, 3.05) is 11.9 Å². The van der Waals surface area contributed by atoms with Gasteiger partial charge >= 0.3 is 5.97 Å². The molecular weight excluding hydrogens is 234 g/mol. The number of hydrogen-bond donors (Lipinski definition) is 3. The molecule has 0 aliphatic heterocycles. The van der Waals surface area contributed by atoms with Crippen LogP contribution in [0.2, 0.25) is 0 Å². The van der Waals surface area contributed by atoms with Gasteiger partial charge in [-0.3, -0.25) is 4.79 Å². The lowest BCUT2D eigenvalue weighted by atomic mass is 10.2. The fourth-order valence-corrected chi connectivity index (χ4v) is 1.51. The Hall–Kier alpha value is -1.95. The normalized spacial score (nSPS) is 11.9. The Labute approximate surface area is 105 Å². The van der Waals surface area contributed by atoms with E-state index in [4.69, 9.17) is 5.11 Å². The predicted molar refractivity (Wildman–Crippen MR) is 67.6 cm³/mol. The molecule has 1 rings (SSSR count). The van der Waals surface area contributed by atoms with Gasteiger partial charge in [0.15, 0.2) is 0 Å². The fraction of sp³-hybridized carbons (Fsp3) is 0.417. The Bertz CT molecular complexity index is 417. The van der Waals surface area contributed by atoms with Gasteiger partial charge in [-0.25, -0.2) is 9.78 Å². The van der Waals surface area contributed by atoms with Crippen molar-refractivity contribution < 1.29 is 14.7 Å². The minimum Gasteiger partial charge on any atom is -0.477 e. The number of anilines is 1. The Morgan fingerprint density at radius 1 is 1.44 bits per heavy atom. The second-order valence-corrected chi connectivity index (χ2v) is 3.95. The second-order valence-electron chi connectivity index (χ2n) is 3.95. The molecule has 18 heavy (non-hydrogen) atoms. The van der Waals surface area contributed by atoms with E-state index >= 15 is 0 Å². The minimum atomic E-state index is -1.09. The van der Waals surface area contributed by atoms with Crippen molar-refractivity contribution in [3.05, 3.63) is 24.0 Å². The number of carbonyl (C=O) groups excluding carboxylic acids is 1. The maximum Gasteiger partial charge on any atom is 0.354 e. The van der Waals surface area contributed by atoms with Crippen LogP contribution in [0.15, 0.2) is 18.3 Å². The fourth-order valence-electron chi connectivity index (χ4n) is 1.51. The van der Waals surface area contributed by atoms with E-state index in [0.717, 1.165) is 6.54 Å². The number of pyridine rings is 1. The Morgan fingerprint density at radius 2 is 2.17 bits per heavy atom. The van der Waals surface area contributed by atoms with Gasteiger partial charge in [-0.05, 0) is 25.6 Å². The average molecular weight is 251 g/mol. The first-order valence-electron chi connectivity index (χ1n) is 5.75. The predicted octanol–water partition coefficient (Wildman–Crippen LogP) is 1.11. The van der Waals surface area contributed by atoms with Crippen molar-refractivity contribution in [2.24, 2.45) is 0 Å². The van der Waals surface area contributed by atoms with Gasteiger partial charge in [0.2, 0.25) is 5.91 Å². The van der Waals surface area contributed by atoms with Crippen LogP contribution in [0.4, 0.5) is 5.69 Å². The lowest BCUT2D eigenvalue weighted by molar-refractivity contribution is -0.116. The highest BCUT2D eigenvalue weighted by atomic mass is 16.4. The quantitative estimate of drug-likeness (QED) is 0.704. The molecule has 6 nitrogen and oxygen atoms in total. The zero-order chi connectivity index (χ0) is 13.5. The molecule has 0 aliphatic carbocycles. The molecule has 3 N–H and O–H groups in total. The van der Waals surface area contributed by atoms with E-state index in [9.17, 15) is 9.59 Å². The van der Waals surface area contributed by atoms with Crippen LogP contribution in [0, 0.1) is 0 Å². The third-order valence-corrected chi connectivity index (χ3v) is 2.31. The van der Waals surface area contributed by atoms with Gasteiger partial charge in [-0.2, -0.15) is 0 Å². The lowest BCUT2D eigenvalue weighted by Crippen LogP contribution is -2.30. The summed E-state index contributed by atoms with van der Waals surface area (Å²) in [6, 6.07) is 2.97. The molecule has 0 bridgehead atoms. The van der Waals surface area contributed by atoms with Crippen LogP contribution in [-0.2, 0) is 4.79 Å². The molecular formula is C12H17N3O3. The summed E-state index contributed by atoms with van der Waals surface area (Å²) in [7, 11) is 0. The van der Waals surface area contributed by atoms with Gasteiger partial charge in [0.25, 0.3) is 0 Å². The van der Waals surface area contributed by atoms with E-state index in [0.29, 0.717) is 12.1 Å². The molecule has 98 valence electrons. The average Bonchev–Trinajstić information content (AvgIpc) is 2.29. The zero-order valence-electron chi connectivity index (χ0n) is 10.4. The van der Waals surface area contributed by atoms with Crippen molar-refractivity contribution in [2.45, 2.75) is 26.3 Å². The number of amides is 1. The molecule has 1 heterocycles. The number of aromatic nitrogens is 1. The smallest absolute Gasteiger partial charge is 0.354 e. The van der Waals surface area contributed by atoms with Crippen molar-refractivity contribution >= 4 is 17.6 Å². The van der Waals surface area contributed by atoms with Crippen LogP contribution in [-0.4, -0.2) is 34.6 Å². The minimum absolute atomic E-state index is 0.0472. The first-order valence-corrected chi connectivity index (χ1v) is 5.75. The molecule has 0 radical (unpaired) electrons. The molecule has 1 amide bonds. The summed E-state index contributed by atoms with van der Waals surface area (Å²) in [4.78, 5) is 25.9. The first-order chi connectivity index (χ1) is 8.52. The largest absolute Gasteiger partial charge is 0.477 e. The van der Waals surface area contributed by atoms with Crippen LogP contribution in [0.3, 0.4) is 0 Å². The van der Waals surface area contributed by atoms with Gasteiger partial charge in [0, 0.05) is 12.5 Å². The molecule has 0 aliphatic rings. The third-order valence-electron chi connectivity index (χ3n) is 2.31. The zero-order valence-corrected chi connectivity index (χ0v) is 10.4. The molecule has 1 aromatic heterocycles. The van der Waals surface area contributed by atoms with Crippen LogP contribution >= 0.6 is 0 Å².